The zero-order chi connectivity index (χ0) is 18.7. The topological polar surface area (TPSA) is 96.6 Å². The minimum atomic E-state index is -3.37. The molecule has 0 amide bonds. The molecule has 1 aromatic carbocycles. The molecule has 1 unspecified atom stereocenters. The van der Waals surface area contributed by atoms with Crippen LogP contribution in [0.5, 0.6) is 0 Å². The second-order valence-corrected chi connectivity index (χ2v) is 8.69. The van der Waals surface area contributed by atoms with Gasteiger partial charge in [0.1, 0.15) is 0 Å². The van der Waals surface area contributed by atoms with Crippen molar-refractivity contribution in [1.29, 1.82) is 0 Å². The molecule has 0 saturated carbocycles. The molecule has 4 N–H and O–H groups in total. The molecule has 7 heteroatoms. The lowest BCUT2D eigenvalue weighted by Crippen LogP contribution is -2.39. The first kappa shape index (κ1) is 21.4. The summed E-state index contributed by atoms with van der Waals surface area (Å²) in [5.74, 6) is 0.923. The predicted molar refractivity (Wildman–Crippen MR) is 105 cm³/mol. The van der Waals surface area contributed by atoms with E-state index >= 15 is 0 Å². The predicted octanol–water partition coefficient (Wildman–Crippen LogP) is 2.23. The van der Waals surface area contributed by atoms with Crippen LogP contribution in [0, 0.1) is 5.92 Å². The molecule has 1 rings (SSSR count). The summed E-state index contributed by atoms with van der Waals surface area (Å²) in [6.45, 7) is 6.90. The molecular weight excluding hydrogens is 336 g/mol. The number of aliphatic imine (C=N–C) groups is 1. The van der Waals surface area contributed by atoms with Crippen molar-refractivity contribution in [2.75, 3.05) is 12.3 Å². The molecule has 1 aromatic rings. The van der Waals surface area contributed by atoms with E-state index in [2.05, 4.69) is 35.8 Å². The Balaban J connectivity index is 2.29. The quantitative estimate of drug-likeness (QED) is 0.412. The first-order chi connectivity index (χ1) is 11.8. The lowest BCUT2D eigenvalue weighted by atomic mass is 10.0. The van der Waals surface area contributed by atoms with Gasteiger partial charge in [0.15, 0.2) is 5.96 Å². The van der Waals surface area contributed by atoms with Gasteiger partial charge in [-0.05, 0) is 24.8 Å². The third-order valence-corrected chi connectivity index (χ3v) is 5.10. The standard InChI is InChI=1S/C18H32N4O2S/c1-15(2)8-7-9-16(3)22-18(19)20-12-13-25(23,24)21-14-17-10-5-4-6-11-17/h4-6,10-11,15-16,21H,7-9,12-14H2,1-3H3,(H3,19,20,22). The molecule has 0 heterocycles. The maximum Gasteiger partial charge on any atom is 0.213 e. The number of nitrogens with two attached hydrogens (primary N) is 1. The summed E-state index contributed by atoms with van der Waals surface area (Å²) >= 11 is 0. The van der Waals surface area contributed by atoms with Gasteiger partial charge >= 0.3 is 0 Å². The zero-order valence-electron chi connectivity index (χ0n) is 15.5. The number of sulfonamides is 1. The number of nitrogens with zero attached hydrogens (tertiary/aromatic N) is 1. The smallest absolute Gasteiger partial charge is 0.213 e. The molecule has 0 aliphatic heterocycles. The van der Waals surface area contributed by atoms with Crippen molar-refractivity contribution >= 4 is 16.0 Å². The van der Waals surface area contributed by atoms with Crippen molar-refractivity contribution in [3.8, 4) is 0 Å². The SMILES string of the molecule is CC(C)CCCC(C)NC(N)=NCCS(=O)(=O)NCc1ccccc1. The molecule has 0 aromatic heterocycles. The Hall–Kier alpha value is -1.60. The van der Waals surface area contributed by atoms with Crippen LogP contribution in [0.3, 0.4) is 0 Å². The molecule has 0 radical (unpaired) electrons. The zero-order valence-corrected chi connectivity index (χ0v) is 16.3. The summed E-state index contributed by atoms with van der Waals surface area (Å²) < 4.78 is 26.5. The average Bonchev–Trinajstić information content (AvgIpc) is 2.53. The van der Waals surface area contributed by atoms with E-state index in [1.165, 1.54) is 6.42 Å². The first-order valence-electron chi connectivity index (χ1n) is 8.86. The summed E-state index contributed by atoms with van der Waals surface area (Å²) in [5.41, 5.74) is 6.75. The van der Waals surface area contributed by atoms with Gasteiger partial charge in [0.25, 0.3) is 0 Å². The summed E-state index contributed by atoms with van der Waals surface area (Å²) in [4.78, 5) is 4.11. The summed E-state index contributed by atoms with van der Waals surface area (Å²) in [7, 11) is -3.37. The number of hydrogen-bond donors (Lipinski definition) is 3. The maximum absolute atomic E-state index is 12.0. The van der Waals surface area contributed by atoms with Crippen molar-refractivity contribution in [2.24, 2.45) is 16.6 Å². The van der Waals surface area contributed by atoms with E-state index in [0.717, 1.165) is 18.4 Å². The van der Waals surface area contributed by atoms with Crippen LogP contribution in [-0.4, -0.2) is 32.7 Å². The monoisotopic (exact) mass is 368 g/mol. The van der Waals surface area contributed by atoms with Crippen molar-refractivity contribution in [1.82, 2.24) is 10.0 Å². The van der Waals surface area contributed by atoms with Gasteiger partial charge in [-0.15, -0.1) is 0 Å². The van der Waals surface area contributed by atoms with Crippen LogP contribution in [0.4, 0.5) is 0 Å². The second-order valence-electron chi connectivity index (χ2n) is 6.76. The normalized spacial score (nSPS) is 13.8. The van der Waals surface area contributed by atoms with Crippen molar-refractivity contribution < 1.29 is 8.42 Å². The summed E-state index contributed by atoms with van der Waals surface area (Å²) in [6, 6.07) is 9.64. The van der Waals surface area contributed by atoms with E-state index in [-0.39, 0.29) is 24.9 Å². The molecule has 0 spiro atoms. The third kappa shape index (κ3) is 10.8. The molecule has 0 fully saturated rings. The van der Waals surface area contributed by atoms with Crippen molar-refractivity contribution in [2.45, 2.75) is 52.6 Å². The Bertz CT molecular complexity index is 615. The molecule has 0 aliphatic rings. The largest absolute Gasteiger partial charge is 0.370 e. The molecule has 0 saturated heterocycles. The molecule has 0 aliphatic carbocycles. The van der Waals surface area contributed by atoms with Gasteiger partial charge in [0.05, 0.1) is 12.3 Å². The molecule has 6 nitrogen and oxygen atoms in total. The molecular formula is C18H32N4O2S. The minimum Gasteiger partial charge on any atom is -0.370 e. The Morgan fingerprint density at radius 1 is 1.16 bits per heavy atom. The van der Waals surface area contributed by atoms with Crippen LogP contribution in [0.2, 0.25) is 0 Å². The van der Waals surface area contributed by atoms with E-state index in [4.69, 9.17) is 5.73 Å². The van der Waals surface area contributed by atoms with E-state index in [9.17, 15) is 8.42 Å². The lowest BCUT2D eigenvalue weighted by molar-refractivity contribution is 0.493. The van der Waals surface area contributed by atoms with Crippen LogP contribution >= 0.6 is 0 Å². The van der Waals surface area contributed by atoms with E-state index in [0.29, 0.717) is 11.9 Å². The first-order valence-corrected chi connectivity index (χ1v) is 10.5. The number of hydrogen-bond acceptors (Lipinski definition) is 3. The van der Waals surface area contributed by atoms with Gasteiger partial charge in [0.2, 0.25) is 10.0 Å². The van der Waals surface area contributed by atoms with Crippen LogP contribution in [0.1, 0.15) is 45.6 Å². The third-order valence-electron chi connectivity index (χ3n) is 3.79. The number of benzene rings is 1. The molecule has 0 bridgehead atoms. The Kier molecular flexibility index (Phi) is 9.52. The van der Waals surface area contributed by atoms with Crippen LogP contribution in [0.15, 0.2) is 35.3 Å². The fourth-order valence-corrected chi connectivity index (χ4v) is 3.21. The van der Waals surface area contributed by atoms with E-state index < -0.39 is 10.0 Å². The highest BCUT2D eigenvalue weighted by molar-refractivity contribution is 7.89. The number of nitrogens with one attached hydrogen (secondary N) is 2. The Labute approximate surface area is 152 Å². The van der Waals surface area contributed by atoms with Crippen LogP contribution in [0.25, 0.3) is 0 Å². The average molecular weight is 369 g/mol. The molecule has 142 valence electrons. The Morgan fingerprint density at radius 3 is 2.48 bits per heavy atom. The highest BCUT2D eigenvalue weighted by atomic mass is 32.2. The maximum atomic E-state index is 12.0. The lowest BCUT2D eigenvalue weighted by Gasteiger charge is -2.15. The number of rotatable bonds is 11. The van der Waals surface area contributed by atoms with Crippen molar-refractivity contribution in [3.63, 3.8) is 0 Å². The minimum absolute atomic E-state index is 0.0794. The fourth-order valence-electron chi connectivity index (χ4n) is 2.35. The summed E-state index contributed by atoms with van der Waals surface area (Å²) in [6.07, 6.45) is 3.34. The van der Waals surface area contributed by atoms with Gasteiger partial charge in [0, 0.05) is 12.6 Å². The number of guanidine groups is 1. The molecule has 1 atom stereocenters. The van der Waals surface area contributed by atoms with Gasteiger partial charge in [-0.2, -0.15) is 0 Å². The van der Waals surface area contributed by atoms with Crippen molar-refractivity contribution in [3.05, 3.63) is 35.9 Å². The molecule has 25 heavy (non-hydrogen) atoms. The van der Waals surface area contributed by atoms with Crippen LogP contribution < -0.4 is 15.8 Å². The van der Waals surface area contributed by atoms with E-state index in [1.54, 1.807) is 0 Å². The van der Waals surface area contributed by atoms with Gasteiger partial charge in [-0.25, -0.2) is 13.1 Å². The highest BCUT2D eigenvalue weighted by Gasteiger charge is 2.10. The van der Waals surface area contributed by atoms with Gasteiger partial charge in [-0.1, -0.05) is 57.0 Å². The van der Waals surface area contributed by atoms with Crippen LogP contribution in [-0.2, 0) is 16.6 Å². The highest BCUT2D eigenvalue weighted by Crippen LogP contribution is 2.08. The van der Waals surface area contributed by atoms with E-state index in [1.807, 2.05) is 30.3 Å². The van der Waals surface area contributed by atoms with Gasteiger partial charge < -0.3 is 11.1 Å². The van der Waals surface area contributed by atoms with Gasteiger partial charge in [-0.3, -0.25) is 4.99 Å². The Morgan fingerprint density at radius 2 is 1.84 bits per heavy atom. The summed E-state index contributed by atoms with van der Waals surface area (Å²) in [5, 5.41) is 3.11. The second kappa shape index (κ2) is 11.1. The fraction of sp³-hybridized carbons (Fsp3) is 0.611.